The van der Waals surface area contributed by atoms with Crippen molar-refractivity contribution in [3.8, 4) is 11.5 Å². The summed E-state index contributed by atoms with van der Waals surface area (Å²) in [7, 11) is -1.38. The largest absolute Gasteiger partial charge is 0.314 e. The summed E-state index contributed by atoms with van der Waals surface area (Å²) in [5.74, 6) is 3.50. The van der Waals surface area contributed by atoms with Gasteiger partial charge in [0.05, 0.1) is 0 Å². The van der Waals surface area contributed by atoms with Crippen LogP contribution in [0.5, 0.6) is 0 Å². The standard InChI is InChI=1S/C19H30N2SSi/c1-14-17(7-12-23(4,5)6)15(2)19(22)16(3)18(14)13-21-10-8-20-9-11-21/h20,22H,8-11,13H2,1-6H3. The molecule has 4 heteroatoms. The Morgan fingerprint density at radius 2 is 1.65 bits per heavy atom. The fourth-order valence-electron chi connectivity index (χ4n) is 3.02. The van der Waals surface area contributed by atoms with E-state index in [1.807, 2.05) is 0 Å². The van der Waals surface area contributed by atoms with Crippen LogP contribution in [0.1, 0.15) is 27.8 Å². The maximum atomic E-state index is 4.79. The van der Waals surface area contributed by atoms with E-state index in [4.69, 9.17) is 12.6 Å². The van der Waals surface area contributed by atoms with E-state index >= 15 is 0 Å². The van der Waals surface area contributed by atoms with Gasteiger partial charge in [-0.3, -0.25) is 4.90 Å². The van der Waals surface area contributed by atoms with Crippen molar-refractivity contribution >= 4 is 20.7 Å². The van der Waals surface area contributed by atoms with Crippen molar-refractivity contribution in [3.63, 3.8) is 0 Å². The first-order valence-electron chi connectivity index (χ1n) is 8.48. The van der Waals surface area contributed by atoms with Gasteiger partial charge in [0.25, 0.3) is 0 Å². The Morgan fingerprint density at radius 3 is 2.22 bits per heavy atom. The van der Waals surface area contributed by atoms with Gasteiger partial charge in [0.2, 0.25) is 0 Å². The minimum atomic E-state index is -1.38. The summed E-state index contributed by atoms with van der Waals surface area (Å²) in [5, 5.41) is 3.42. The molecule has 0 aliphatic carbocycles. The van der Waals surface area contributed by atoms with Gasteiger partial charge >= 0.3 is 0 Å². The van der Waals surface area contributed by atoms with E-state index < -0.39 is 8.07 Å². The molecule has 126 valence electrons. The van der Waals surface area contributed by atoms with E-state index in [-0.39, 0.29) is 0 Å². The predicted molar refractivity (Wildman–Crippen MR) is 106 cm³/mol. The molecule has 0 bridgehead atoms. The Kier molecular flexibility index (Phi) is 6.02. The lowest BCUT2D eigenvalue weighted by atomic mass is 9.93. The molecule has 1 aromatic rings. The zero-order chi connectivity index (χ0) is 17.2. The second-order valence-corrected chi connectivity index (χ2v) is 12.8. The molecule has 1 aromatic carbocycles. The molecule has 1 aliphatic heterocycles. The van der Waals surface area contributed by atoms with Gasteiger partial charge < -0.3 is 5.32 Å². The van der Waals surface area contributed by atoms with Crippen LogP contribution in [0.4, 0.5) is 0 Å². The molecular formula is C19H30N2SSi. The van der Waals surface area contributed by atoms with Crippen LogP contribution in [0.2, 0.25) is 19.6 Å². The van der Waals surface area contributed by atoms with Crippen LogP contribution in [0.3, 0.4) is 0 Å². The minimum Gasteiger partial charge on any atom is -0.314 e. The van der Waals surface area contributed by atoms with Crippen LogP contribution >= 0.6 is 12.6 Å². The molecule has 0 saturated carbocycles. The highest BCUT2D eigenvalue weighted by molar-refractivity contribution is 7.80. The zero-order valence-electron chi connectivity index (χ0n) is 15.4. The number of piperazine rings is 1. The SMILES string of the molecule is Cc1c(S)c(C)c(CN2CCNCC2)c(C)c1C#C[Si](C)(C)C. The number of hydrogen-bond donors (Lipinski definition) is 2. The third-order valence-corrected chi connectivity index (χ3v) is 6.07. The molecule has 0 aromatic heterocycles. The molecule has 0 unspecified atom stereocenters. The van der Waals surface area contributed by atoms with Crippen molar-refractivity contribution in [2.45, 2.75) is 51.9 Å². The summed E-state index contributed by atoms with van der Waals surface area (Å²) in [5.41, 5.74) is 10.1. The molecule has 0 radical (unpaired) electrons. The van der Waals surface area contributed by atoms with E-state index in [0.717, 1.165) is 37.6 Å². The first-order valence-corrected chi connectivity index (χ1v) is 12.4. The van der Waals surface area contributed by atoms with Gasteiger partial charge in [-0.1, -0.05) is 25.6 Å². The van der Waals surface area contributed by atoms with Crippen LogP contribution in [0, 0.1) is 32.2 Å². The van der Waals surface area contributed by atoms with Gasteiger partial charge in [0.1, 0.15) is 8.07 Å². The lowest BCUT2D eigenvalue weighted by Crippen LogP contribution is -2.43. The van der Waals surface area contributed by atoms with Gasteiger partial charge in [-0.25, -0.2) is 0 Å². The van der Waals surface area contributed by atoms with Crippen molar-refractivity contribution in [1.29, 1.82) is 0 Å². The first kappa shape index (κ1) is 18.6. The number of nitrogens with one attached hydrogen (secondary N) is 1. The Morgan fingerprint density at radius 1 is 1.04 bits per heavy atom. The highest BCUT2D eigenvalue weighted by atomic mass is 32.1. The predicted octanol–water partition coefficient (Wildman–Crippen LogP) is 3.53. The minimum absolute atomic E-state index is 1.01. The fourth-order valence-corrected chi connectivity index (χ4v) is 3.77. The monoisotopic (exact) mass is 346 g/mol. The molecule has 0 atom stereocenters. The molecule has 1 N–H and O–H groups in total. The number of rotatable bonds is 2. The molecule has 1 saturated heterocycles. The highest BCUT2D eigenvalue weighted by Crippen LogP contribution is 2.30. The Bertz CT molecular complexity index is 644. The number of hydrogen-bond acceptors (Lipinski definition) is 3. The first-order chi connectivity index (χ1) is 10.7. The van der Waals surface area contributed by atoms with Crippen molar-refractivity contribution in [1.82, 2.24) is 10.2 Å². The van der Waals surface area contributed by atoms with Crippen molar-refractivity contribution in [3.05, 3.63) is 27.8 Å². The fraction of sp³-hybridized carbons (Fsp3) is 0.579. The summed E-state index contributed by atoms with van der Waals surface area (Å²) < 4.78 is 0. The second kappa shape index (κ2) is 7.44. The maximum Gasteiger partial charge on any atom is 0.129 e. The Balaban J connectivity index is 2.45. The van der Waals surface area contributed by atoms with Gasteiger partial charge in [-0.15, -0.1) is 18.2 Å². The van der Waals surface area contributed by atoms with Gasteiger partial charge in [0.15, 0.2) is 0 Å². The quantitative estimate of drug-likeness (QED) is 0.484. The van der Waals surface area contributed by atoms with E-state index in [2.05, 4.69) is 62.1 Å². The maximum absolute atomic E-state index is 4.79. The van der Waals surface area contributed by atoms with E-state index in [1.54, 1.807) is 0 Å². The number of thiol groups is 1. The molecule has 1 heterocycles. The molecule has 1 fully saturated rings. The van der Waals surface area contributed by atoms with E-state index in [9.17, 15) is 0 Å². The number of nitrogens with zero attached hydrogens (tertiary/aromatic N) is 1. The van der Waals surface area contributed by atoms with Crippen LogP contribution in [-0.4, -0.2) is 39.2 Å². The number of benzene rings is 1. The van der Waals surface area contributed by atoms with Gasteiger partial charge in [-0.05, 0) is 43.0 Å². The lowest BCUT2D eigenvalue weighted by Gasteiger charge is -2.29. The van der Waals surface area contributed by atoms with Crippen molar-refractivity contribution in [2.75, 3.05) is 26.2 Å². The average molecular weight is 347 g/mol. The summed E-state index contributed by atoms with van der Waals surface area (Å²) in [6, 6.07) is 0. The summed E-state index contributed by atoms with van der Waals surface area (Å²) in [6.45, 7) is 18.9. The van der Waals surface area contributed by atoms with E-state index in [0.29, 0.717) is 0 Å². The Labute approximate surface area is 148 Å². The van der Waals surface area contributed by atoms with Gasteiger partial charge in [0, 0.05) is 43.2 Å². The normalized spacial score (nSPS) is 16.1. The van der Waals surface area contributed by atoms with Crippen molar-refractivity contribution < 1.29 is 0 Å². The third-order valence-electron chi connectivity index (χ3n) is 4.52. The molecule has 23 heavy (non-hydrogen) atoms. The highest BCUT2D eigenvalue weighted by Gasteiger charge is 2.18. The molecular weight excluding hydrogens is 316 g/mol. The van der Waals surface area contributed by atoms with Crippen LogP contribution < -0.4 is 5.32 Å². The topological polar surface area (TPSA) is 15.3 Å². The summed E-state index contributed by atoms with van der Waals surface area (Å²) in [4.78, 5) is 3.64. The molecule has 0 spiro atoms. The van der Waals surface area contributed by atoms with Crippen LogP contribution in [0.25, 0.3) is 0 Å². The van der Waals surface area contributed by atoms with Crippen molar-refractivity contribution in [2.24, 2.45) is 0 Å². The van der Waals surface area contributed by atoms with Gasteiger partial charge in [-0.2, -0.15) is 0 Å². The van der Waals surface area contributed by atoms with Crippen LogP contribution in [0.15, 0.2) is 4.90 Å². The average Bonchev–Trinajstić information content (AvgIpc) is 2.49. The summed E-state index contributed by atoms with van der Waals surface area (Å²) >= 11 is 4.79. The van der Waals surface area contributed by atoms with E-state index in [1.165, 1.54) is 27.8 Å². The van der Waals surface area contributed by atoms with Crippen LogP contribution in [-0.2, 0) is 6.54 Å². The molecule has 2 rings (SSSR count). The second-order valence-electron chi connectivity index (χ2n) is 7.60. The zero-order valence-corrected chi connectivity index (χ0v) is 17.3. The lowest BCUT2D eigenvalue weighted by molar-refractivity contribution is 0.232. The molecule has 2 nitrogen and oxygen atoms in total. The molecule has 1 aliphatic rings. The molecule has 0 amide bonds. The third kappa shape index (κ3) is 4.64. The smallest absolute Gasteiger partial charge is 0.129 e. The Hall–Kier alpha value is -0.733. The summed E-state index contributed by atoms with van der Waals surface area (Å²) in [6.07, 6.45) is 0.